The van der Waals surface area contributed by atoms with Crippen LogP contribution in [0.5, 0.6) is 0 Å². The number of ether oxygens (including phenoxy) is 1. The lowest BCUT2D eigenvalue weighted by atomic mass is 9.69. The number of carbonyl (C=O) groups is 1. The highest BCUT2D eigenvalue weighted by molar-refractivity contribution is 5.82. The average molecular weight is 212 g/mol. The Bertz CT molecular complexity index is 207. The van der Waals surface area contributed by atoms with Crippen LogP contribution in [0, 0.1) is 17.3 Å². The second-order valence-corrected chi connectivity index (χ2v) is 5.81. The molecule has 1 saturated carbocycles. The van der Waals surface area contributed by atoms with E-state index in [1.807, 2.05) is 0 Å². The maximum Gasteiger partial charge on any atom is 0.161 e. The molecule has 0 radical (unpaired) electrons. The molecule has 0 heterocycles. The Morgan fingerprint density at radius 3 is 2.13 bits per heavy atom. The number of methoxy groups -OCH3 is 1. The molecule has 15 heavy (non-hydrogen) atoms. The minimum absolute atomic E-state index is 0.267. The molecule has 88 valence electrons. The van der Waals surface area contributed by atoms with Gasteiger partial charge in [0.15, 0.2) is 5.78 Å². The summed E-state index contributed by atoms with van der Waals surface area (Å²) in [6.07, 6.45) is 4.52. The summed E-state index contributed by atoms with van der Waals surface area (Å²) < 4.78 is 4.90. The number of Topliss-reactive ketones (excluding diaryl/α,β-unsaturated/α-hetero) is 1. The third-order valence-corrected chi connectivity index (χ3v) is 3.69. The largest absolute Gasteiger partial charge is 0.377 e. The summed E-state index contributed by atoms with van der Waals surface area (Å²) in [6, 6.07) is 0. The molecule has 0 N–H and O–H groups in total. The summed E-state index contributed by atoms with van der Waals surface area (Å²) >= 11 is 0. The van der Waals surface area contributed by atoms with Gasteiger partial charge in [0.1, 0.15) is 6.61 Å². The first kappa shape index (κ1) is 12.7. The van der Waals surface area contributed by atoms with E-state index >= 15 is 0 Å². The van der Waals surface area contributed by atoms with Crippen molar-refractivity contribution in [3.8, 4) is 0 Å². The molecule has 2 heteroatoms. The lowest BCUT2D eigenvalue weighted by Crippen LogP contribution is -2.30. The van der Waals surface area contributed by atoms with Crippen LogP contribution in [0.25, 0.3) is 0 Å². The van der Waals surface area contributed by atoms with Crippen LogP contribution in [0.2, 0.25) is 0 Å². The van der Waals surface area contributed by atoms with E-state index < -0.39 is 0 Å². The van der Waals surface area contributed by atoms with Crippen molar-refractivity contribution in [2.75, 3.05) is 13.7 Å². The van der Waals surface area contributed by atoms with E-state index in [1.54, 1.807) is 7.11 Å². The molecule has 0 atom stereocenters. The molecule has 0 unspecified atom stereocenters. The second kappa shape index (κ2) is 5.11. The Morgan fingerprint density at radius 1 is 1.20 bits per heavy atom. The highest BCUT2D eigenvalue weighted by atomic mass is 16.5. The molecule has 0 aromatic carbocycles. The fourth-order valence-corrected chi connectivity index (χ4v) is 2.54. The molecule has 2 nitrogen and oxygen atoms in total. The third-order valence-electron chi connectivity index (χ3n) is 3.69. The zero-order valence-electron chi connectivity index (χ0n) is 10.5. The van der Waals surface area contributed by atoms with E-state index in [4.69, 9.17) is 4.74 Å². The van der Waals surface area contributed by atoms with Gasteiger partial charge in [0.05, 0.1) is 0 Å². The smallest absolute Gasteiger partial charge is 0.161 e. The summed E-state index contributed by atoms with van der Waals surface area (Å²) in [5, 5.41) is 0. The van der Waals surface area contributed by atoms with Crippen LogP contribution < -0.4 is 0 Å². The van der Waals surface area contributed by atoms with Gasteiger partial charge in [-0.2, -0.15) is 0 Å². The molecule has 1 rings (SSSR count). The molecule has 0 spiro atoms. The van der Waals surface area contributed by atoms with Gasteiger partial charge in [0.25, 0.3) is 0 Å². The second-order valence-electron chi connectivity index (χ2n) is 5.81. The van der Waals surface area contributed by atoms with Gasteiger partial charge in [-0.1, -0.05) is 20.8 Å². The zero-order chi connectivity index (χ0) is 11.5. The number of hydrogen-bond acceptors (Lipinski definition) is 2. The topological polar surface area (TPSA) is 26.3 Å². The average Bonchev–Trinajstić information content (AvgIpc) is 2.17. The Labute approximate surface area is 93.4 Å². The summed E-state index contributed by atoms with van der Waals surface area (Å²) in [7, 11) is 1.60. The van der Waals surface area contributed by atoms with Crippen LogP contribution >= 0.6 is 0 Å². The lowest BCUT2D eigenvalue weighted by molar-refractivity contribution is -0.128. The monoisotopic (exact) mass is 212 g/mol. The SMILES string of the molecule is COCC(=O)C1CCC(C(C)(C)C)CC1. The standard InChI is InChI=1S/C13H24O2/c1-13(2,3)11-7-5-10(6-8-11)12(14)9-15-4/h10-11H,5-9H2,1-4H3. The minimum Gasteiger partial charge on any atom is -0.377 e. The van der Waals surface area contributed by atoms with E-state index in [0.717, 1.165) is 18.8 Å². The van der Waals surface area contributed by atoms with Gasteiger partial charge in [0.2, 0.25) is 0 Å². The van der Waals surface area contributed by atoms with Gasteiger partial charge in [-0.25, -0.2) is 0 Å². The molecule has 1 aliphatic carbocycles. The van der Waals surface area contributed by atoms with Gasteiger partial charge < -0.3 is 4.74 Å². The number of ketones is 1. The van der Waals surface area contributed by atoms with E-state index in [9.17, 15) is 4.79 Å². The van der Waals surface area contributed by atoms with E-state index in [2.05, 4.69) is 20.8 Å². The van der Waals surface area contributed by atoms with Crippen molar-refractivity contribution in [3.63, 3.8) is 0 Å². The number of hydrogen-bond donors (Lipinski definition) is 0. The normalized spacial score (nSPS) is 27.7. The first-order valence-corrected chi connectivity index (χ1v) is 5.96. The molecular formula is C13H24O2. The van der Waals surface area contributed by atoms with Crippen molar-refractivity contribution in [2.45, 2.75) is 46.5 Å². The van der Waals surface area contributed by atoms with Gasteiger partial charge in [-0.3, -0.25) is 4.79 Å². The van der Waals surface area contributed by atoms with Crippen molar-refractivity contribution >= 4 is 5.78 Å². The molecule has 0 bridgehead atoms. The van der Waals surface area contributed by atoms with Gasteiger partial charge in [0, 0.05) is 13.0 Å². The Hall–Kier alpha value is -0.370. The van der Waals surface area contributed by atoms with Crippen LogP contribution in [0.4, 0.5) is 0 Å². The number of carbonyl (C=O) groups excluding carboxylic acids is 1. The van der Waals surface area contributed by atoms with Crippen LogP contribution in [0.1, 0.15) is 46.5 Å². The maximum absolute atomic E-state index is 11.6. The van der Waals surface area contributed by atoms with Crippen molar-refractivity contribution in [1.82, 2.24) is 0 Å². The lowest BCUT2D eigenvalue weighted by Gasteiger charge is -2.36. The van der Waals surface area contributed by atoms with Gasteiger partial charge in [-0.05, 0) is 37.0 Å². The molecule has 1 aliphatic rings. The third kappa shape index (κ3) is 3.60. The first-order valence-electron chi connectivity index (χ1n) is 5.96. The Morgan fingerprint density at radius 2 is 1.73 bits per heavy atom. The summed E-state index contributed by atoms with van der Waals surface area (Å²) in [6.45, 7) is 7.20. The minimum atomic E-state index is 0.267. The van der Waals surface area contributed by atoms with Crippen LogP contribution in [0.3, 0.4) is 0 Å². The van der Waals surface area contributed by atoms with E-state index in [0.29, 0.717) is 17.8 Å². The molecule has 0 saturated heterocycles. The van der Waals surface area contributed by atoms with E-state index in [-0.39, 0.29) is 5.92 Å². The fraction of sp³-hybridized carbons (Fsp3) is 0.923. The zero-order valence-corrected chi connectivity index (χ0v) is 10.5. The molecule has 1 fully saturated rings. The summed E-state index contributed by atoms with van der Waals surface area (Å²) in [4.78, 5) is 11.6. The van der Waals surface area contributed by atoms with Crippen LogP contribution in [0.15, 0.2) is 0 Å². The Balaban J connectivity index is 2.39. The quantitative estimate of drug-likeness (QED) is 0.718. The van der Waals surface area contributed by atoms with Crippen LogP contribution in [-0.4, -0.2) is 19.5 Å². The maximum atomic E-state index is 11.6. The summed E-state index contributed by atoms with van der Waals surface area (Å²) in [5.41, 5.74) is 0.398. The predicted octanol–water partition coefficient (Wildman–Crippen LogP) is 3.05. The van der Waals surface area contributed by atoms with Crippen molar-refractivity contribution in [3.05, 3.63) is 0 Å². The van der Waals surface area contributed by atoms with Gasteiger partial charge >= 0.3 is 0 Å². The van der Waals surface area contributed by atoms with Gasteiger partial charge in [-0.15, -0.1) is 0 Å². The molecule has 0 aromatic heterocycles. The van der Waals surface area contributed by atoms with Crippen molar-refractivity contribution in [2.24, 2.45) is 17.3 Å². The Kier molecular flexibility index (Phi) is 4.32. The highest BCUT2D eigenvalue weighted by Gasteiger charge is 2.31. The van der Waals surface area contributed by atoms with Crippen molar-refractivity contribution in [1.29, 1.82) is 0 Å². The molecule has 0 aliphatic heterocycles. The highest BCUT2D eigenvalue weighted by Crippen LogP contribution is 2.39. The van der Waals surface area contributed by atoms with Crippen molar-refractivity contribution < 1.29 is 9.53 Å². The van der Waals surface area contributed by atoms with Crippen LogP contribution in [-0.2, 0) is 9.53 Å². The summed E-state index contributed by atoms with van der Waals surface area (Å²) in [5.74, 6) is 1.34. The molecule has 0 amide bonds. The predicted molar refractivity (Wildman–Crippen MR) is 61.8 cm³/mol. The molecular weight excluding hydrogens is 188 g/mol. The van der Waals surface area contributed by atoms with E-state index in [1.165, 1.54) is 12.8 Å². The fourth-order valence-electron chi connectivity index (χ4n) is 2.54. The number of rotatable bonds is 3. The molecule has 0 aromatic rings. The first-order chi connectivity index (χ1) is 6.95.